The van der Waals surface area contributed by atoms with Crippen molar-refractivity contribution < 1.29 is 9.26 Å². The number of ether oxygens (including phenoxy) is 1. The van der Waals surface area contributed by atoms with Crippen LogP contribution >= 0.6 is 0 Å². The minimum absolute atomic E-state index is 0.416. The maximum absolute atomic E-state index is 5.56. The summed E-state index contributed by atoms with van der Waals surface area (Å²) in [6.45, 7) is 5.38. The van der Waals surface area contributed by atoms with Gasteiger partial charge in [-0.1, -0.05) is 29.6 Å². The summed E-state index contributed by atoms with van der Waals surface area (Å²) in [5.41, 5.74) is 2.83. The van der Waals surface area contributed by atoms with Gasteiger partial charge >= 0.3 is 0 Å². The molecule has 28 heavy (non-hydrogen) atoms. The number of rotatable bonds is 5. The molecule has 2 fully saturated rings. The van der Waals surface area contributed by atoms with E-state index in [4.69, 9.17) is 9.26 Å². The third-order valence-corrected chi connectivity index (χ3v) is 5.90. The molecule has 2 aliphatic rings. The van der Waals surface area contributed by atoms with Crippen molar-refractivity contribution >= 4 is 11.0 Å². The van der Waals surface area contributed by atoms with Gasteiger partial charge in [0, 0.05) is 31.1 Å². The quantitative estimate of drug-likeness (QED) is 0.671. The van der Waals surface area contributed by atoms with Crippen LogP contribution in [0.3, 0.4) is 0 Å². The number of aromatic nitrogens is 5. The summed E-state index contributed by atoms with van der Waals surface area (Å²) < 4.78 is 12.9. The molecule has 1 aliphatic carbocycles. The molecule has 1 aromatic carbocycles. The minimum atomic E-state index is 0.416. The summed E-state index contributed by atoms with van der Waals surface area (Å²) in [6, 6.07) is 6.09. The van der Waals surface area contributed by atoms with Gasteiger partial charge < -0.3 is 9.26 Å². The van der Waals surface area contributed by atoms with Crippen molar-refractivity contribution in [2.75, 3.05) is 32.8 Å². The van der Waals surface area contributed by atoms with E-state index in [1.165, 1.54) is 19.3 Å². The first kappa shape index (κ1) is 17.8. The summed E-state index contributed by atoms with van der Waals surface area (Å²) in [6.07, 6.45) is 6.12. The molecular formula is C20H26N6O2. The smallest absolute Gasteiger partial charge is 0.230 e. The molecule has 2 aromatic heterocycles. The zero-order valence-corrected chi connectivity index (χ0v) is 16.1. The number of morpholine rings is 1. The number of benzene rings is 1. The lowest BCUT2D eigenvalue weighted by molar-refractivity contribution is 0.0360. The second-order valence-electron chi connectivity index (χ2n) is 7.76. The fraction of sp³-hybridized carbons (Fsp3) is 0.600. The van der Waals surface area contributed by atoms with E-state index in [9.17, 15) is 0 Å². The van der Waals surface area contributed by atoms with Crippen LogP contribution in [0.5, 0.6) is 0 Å². The van der Waals surface area contributed by atoms with Crippen molar-refractivity contribution in [1.82, 2.24) is 30.0 Å². The molecule has 1 saturated heterocycles. The number of hydrogen-bond acceptors (Lipinski definition) is 7. The zero-order chi connectivity index (χ0) is 18.8. The molecule has 0 atom stereocenters. The lowest BCUT2D eigenvalue weighted by Gasteiger charge is -2.26. The minimum Gasteiger partial charge on any atom is -0.379 e. The molecule has 1 saturated carbocycles. The average Bonchev–Trinajstić information content (AvgIpc) is 3.41. The maximum atomic E-state index is 5.56. The van der Waals surface area contributed by atoms with E-state index in [0.29, 0.717) is 11.7 Å². The van der Waals surface area contributed by atoms with E-state index in [-0.39, 0.29) is 0 Å². The van der Waals surface area contributed by atoms with Gasteiger partial charge in [0.2, 0.25) is 11.7 Å². The molecule has 148 valence electrons. The van der Waals surface area contributed by atoms with Gasteiger partial charge in [-0.2, -0.15) is 4.98 Å². The summed E-state index contributed by atoms with van der Waals surface area (Å²) in [5.74, 6) is 1.84. The summed E-state index contributed by atoms with van der Waals surface area (Å²) in [5, 5.41) is 12.9. The molecule has 0 unspecified atom stereocenters. The first-order valence-electron chi connectivity index (χ1n) is 10.3. The SMILES string of the molecule is c1cc2c(cc1-c1noc(C3CCCCC3)n1)nnn2CCN1CCOCC1. The fourth-order valence-corrected chi connectivity index (χ4v) is 4.21. The topological polar surface area (TPSA) is 82.1 Å². The van der Waals surface area contributed by atoms with Gasteiger partial charge in [-0.15, -0.1) is 5.10 Å². The third kappa shape index (κ3) is 3.66. The second kappa shape index (κ2) is 7.97. The van der Waals surface area contributed by atoms with E-state index < -0.39 is 0 Å². The highest BCUT2D eigenvalue weighted by atomic mass is 16.5. The molecule has 0 amide bonds. The second-order valence-corrected chi connectivity index (χ2v) is 7.76. The molecule has 0 spiro atoms. The van der Waals surface area contributed by atoms with Crippen molar-refractivity contribution in [2.24, 2.45) is 0 Å². The van der Waals surface area contributed by atoms with Crippen LogP contribution in [0.1, 0.15) is 43.9 Å². The third-order valence-electron chi connectivity index (χ3n) is 5.90. The van der Waals surface area contributed by atoms with Crippen molar-refractivity contribution in [2.45, 2.75) is 44.6 Å². The molecule has 3 aromatic rings. The Balaban J connectivity index is 1.31. The van der Waals surface area contributed by atoms with Gasteiger partial charge in [0.05, 0.1) is 25.3 Å². The molecular weight excluding hydrogens is 356 g/mol. The van der Waals surface area contributed by atoms with Crippen molar-refractivity contribution in [3.8, 4) is 11.4 Å². The summed E-state index contributed by atoms with van der Waals surface area (Å²) >= 11 is 0. The van der Waals surface area contributed by atoms with Crippen molar-refractivity contribution in [3.05, 3.63) is 24.1 Å². The molecule has 8 heteroatoms. The first-order valence-corrected chi connectivity index (χ1v) is 10.3. The van der Waals surface area contributed by atoms with Crippen LogP contribution in [0, 0.1) is 0 Å². The Labute approximate surface area is 163 Å². The van der Waals surface area contributed by atoms with Gasteiger partial charge in [0.1, 0.15) is 5.52 Å². The Kier molecular flexibility index (Phi) is 5.05. The van der Waals surface area contributed by atoms with Gasteiger partial charge in [-0.25, -0.2) is 4.68 Å². The summed E-state index contributed by atoms with van der Waals surface area (Å²) in [7, 11) is 0. The van der Waals surface area contributed by atoms with Crippen molar-refractivity contribution in [3.63, 3.8) is 0 Å². The Hall–Kier alpha value is -2.32. The molecule has 1 aliphatic heterocycles. The van der Waals surface area contributed by atoms with Gasteiger partial charge in [0.25, 0.3) is 0 Å². The van der Waals surface area contributed by atoms with E-state index in [2.05, 4.69) is 31.4 Å². The highest BCUT2D eigenvalue weighted by molar-refractivity contribution is 5.79. The van der Waals surface area contributed by atoms with E-state index in [1.807, 2.05) is 16.8 Å². The summed E-state index contributed by atoms with van der Waals surface area (Å²) in [4.78, 5) is 7.06. The van der Waals surface area contributed by atoms with Gasteiger partial charge in [-0.05, 0) is 31.0 Å². The highest BCUT2D eigenvalue weighted by Crippen LogP contribution is 2.32. The van der Waals surface area contributed by atoms with Crippen LogP contribution < -0.4 is 0 Å². The number of hydrogen-bond donors (Lipinski definition) is 0. The zero-order valence-electron chi connectivity index (χ0n) is 16.1. The standard InChI is InChI=1S/C20H26N6O2/c1-2-4-15(5-3-1)20-21-19(23-28-20)16-6-7-18-17(14-16)22-24-26(18)9-8-25-10-12-27-13-11-25/h6-7,14-15H,1-5,8-13H2. The molecule has 8 nitrogen and oxygen atoms in total. The number of fused-ring (bicyclic) bond motifs is 1. The first-order chi connectivity index (χ1) is 13.9. The predicted molar refractivity (Wildman–Crippen MR) is 104 cm³/mol. The number of nitrogens with zero attached hydrogens (tertiary/aromatic N) is 6. The van der Waals surface area contributed by atoms with Crippen LogP contribution in [0.4, 0.5) is 0 Å². The largest absolute Gasteiger partial charge is 0.379 e. The van der Waals surface area contributed by atoms with Crippen LogP contribution in [0.15, 0.2) is 22.7 Å². The van der Waals surface area contributed by atoms with E-state index in [0.717, 1.165) is 74.7 Å². The molecule has 0 N–H and O–H groups in total. The highest BCUT2D eigenvalue weighted by Gasteiger charge is 2.22. The molecule has 5 rings (SSSR count). The normalized spacial score (nSPS) is 19.4. The monoisotopic (exact) mass is 382 g/mol. The van der Waals surface area contributed by atoms with Gasteiger partial charge in [0.15, 0.2) is 0 Å². The van der Waals surface area contributed by atoms with Crippen molar-refractivity contribution in [1.29, 1.82) is 0 Å². The Morgan fingerprint density at radius 2 is 1.89 bits per heavy atom. The molecule has 0 radical (unpaired) electrons. The average molecular weight is 382 g/mol. The maximum Gasteiger partial charge on any atom is 0.230 e. The van der Waals surface area contributed by atoms with Gasteiger partial charge in [-0.3, -0.25) is 4.90 Å². The van der Waals surface area contributed by atoms with Crippen LogP contribution in [-0.2, 0) is 11.3 Å². The van der Waals surface area contributed by atoms with Crippen LogP contribution in [0.2, 0.25) is 0 Å². The lowest BCUT2D eigenvalue weighted by Crippen LogP contribution is -2.38. The molecule has 3 heterocycles. The lowest BCUT2D eigenvalue weighted by atomic mass is 9.89. The Bertz CT molecular complexity index is 924. The van der Waals surface area contributed by atoms with E-state index in [1.54, 1.807) is 0 Å². The van der Waals surface area contributed by atoms with Crippen LogP contribution in [0.25, 0.3) is 22.4 Å². The molecule has 0 bridgehead atoms. The predicted octanol–water partition coefficient (Wildman–Crippen LogP) is 2.86. The Morgan fingerprint density at radius 3 is 2.75 bits per heavy atom. The Morgan fingerprint density at radius 1 is 1.04 bits per heavy atom. The van der Waals surface area contributed by atoms with E-state index >= 15 is 0 Å². The van der Waals surface area contributed by atoms with Crippen LogP contribution in [-0.4, -0.2) is 62.9 Å². The fourth-order valence-electron chi connectivity index (χ4n) is 4.21.